The van der Waals surface area contributed by atoms with E-state index in [1.807, 2.05) is 13.1 Å². The topological polar surface area (TPSA) is 40.3 Å². The number of ether oxygens (including phenoxy) is 1. The van der Waals surface area contributed by atoms with Gasteiger partial charge in [0.15, 0.2) is 0 Å². The molecule has 2 aromatic rings. The summed E-state index contributed by atoms with van der Waals surface area (Å²) in [6, 6.07) is 6.98. The third kappa shape index (κ3) is 3.88. The Morgan fingerprint density at radius 3 is 3.09 bits per heavy atom. The van der Waals surface area contributed by atoms with Gasteiger partial charge in [0.1, 0.15) is 5.75 Å². The fourth-order valence-electron chi connectivity index (χ4n) is 3.74. The number of hydrogen-bond donors (Lipinski definition) is 2. The van der Waals surface area contributed by atoms with Gasteiger partial charge in [-0.2, -0.15) is 0 Å². The largest absolute Gasteiger partial charge is 0.497 e. The number of aromatic amines is 1. The third-order valence-corrected chi connectivity index (χ3v) is 5.05. The molecule has 4 nitrogen and oxygen atoms in total. The minimum absolute atomic E-state index is 0.690. The second kappa shape index (κ2) is 7.84. The van der Waals surface area contributed by atoms with Crippen LogP contribution in [0.2, 0.25) is 0 Å². The Hall–Kier alpha value is -1.52. The van der Waals surface area contributed by atoms with Gasteiger partial charge in [0.05, 0.1) is 7.11 Å². The summed E-state index contributed by atoms with van der Waals surface area (Å²) >= 11 is 0. The van der Waals surface area contributed by atoms with Gasteiger partial charge >= 0.3 is 0 Å². The molecule has 2 heterocycles. The average molecular weight is 315 g/mol. The smallest absolute Gasteiger partial charge is 0.119 e. The van der Waals surface area contributed by atoms with Crippen LogP contribution in [-0.2, 0) is 6.42 Å². The molecule has 1 saturated heterocycles. The highest BCUT2D eigenvalue weighted by atomic mass is 16.5. The SMILES string of the molecule is CNCCCCN1CCCC1Cc1c[nH]c2ccc(OC)cc12. The minimum atomic E-state index is 0.690. The molecule has 1 atom stereocenters. The van der Waals surface area contributed by atoms with Crippen LogP contribution in [0.3, 0.4) is 0 Å². The Morgan fingerprint density at radius 2 is 2.26 bits per heavy atom. The summed E-state index contributed by atoms with van der Waals surface area (Å²) in [6.45, 7) is 3.62. The summed E-state index contributed by atoms with van der Waals surface area (Å²) in [5, 5.41) is 4.55. The molecule has 1 aromatic heterocycles. The van der Waals surface area contributed by atoms with Gasteiger partial charge in [-0.1, -0.05) is 0 Å². The number of hydrogen-bond acceptors (Lipinski definition) is 3. The summed E-state index contributed by atoms with van der Waals surface area (Å²) < 4.78 is 5.38. The summed E-state index contributed by atoms with van der Waals surface area (Å²) in [5.74, 6) is 0.939. The maximum absolute atomic E-state index is 5.38. The lowest BCUT2D eigenvalue weighted by Gasteiger charge is -2.24. The number of unbranched alkanes of at least 4 members (excludes halogenated alkanes) is 1. The van der Waals surface area contributed by atoms with Crippen molar-refractivity contribution >= 4 is 10.9 Å². The number of likely N-dealkylation sites (tertiary alicyclic amines) is 1. The van der Waals surface area contributed by atoms with Crippen LogP contribution in [0.25, 0.3) is 10.9 Å². The molecule has 1 fully saturated rings. The van der Waals surface area contributed by atoms with Crippen LogP contribution in [0.15, 0.2) is 24.4 Å². The third-order valence-electron chi connectivity index (χ3n) is 5.05. The van der Waals surface area contributed by atoms with Crippen LogP contribution >= 0.6 is 0 Å². The molecule has 0 amide bonds. The molecule has 0 aliphatic carbocycles. The molecule has 0 radical (unpaired) electrons. The number of rotatable bonds is 8. The van der Waals surface area contributed by atoms with Gasteiger partial charge < -0.3 is 19.9 Å². The zero-order valence-corrected chi connectivity index (χ0v) is 14.4. The van der Waals surface area contributed by atoms with Crippen LogP contribution in [0.5, 0.6) is 5.75 Å². The second-order valence-electron chi connectivity index (χ2n) is 6.57. The Balaban J connectivity index is 1.65. The quantitative estimate of drug-likeness (QED) is 0.735. The summed E-state index contributed by atoms with van der Waals surface area (Å²) in [4.78, 5) is 6.09. The molecule has 1 unspecified atom stereocenters. The van der Waals surface area contributed by atoms with Crippen LogP contribution < -0.4 is 10.1 Å². The molecule has 0 bridgehead atoms. The monoisotopic (exact) mass is 315 g/mol. The van der Waals surface area contributed by atoms with Crippen molar-refractivity contribution in [1.82, 2.24) is 15.2 Å². The van der Waals surface area contributed by atoms with Crippen molar-refractivity contribution in [1.29, 1.82) is 0 Å². The molecule has 126 valence electrons. The summed E-state index contributed by atoms with van der Waals surface area (Å²) in [6.07, 6.45) is 8.54. The van der Waals surface area contributed by atoms with Gasteiger partial charge in [0, 0.05) is 23.1 Å². The van der Waals surface area contributed by atoms with Crippen LogP contribution in [0, 0.1) is 0 Å². The lowest BCUT2D eigenvalue weighted by Crippen LogP contribution is -2.32. The molecule has 23 heavy (non-hydrogen) atoms. The molecular formula is C19H29N3O. The predicted octanol–water partition coefficient (Wildman–Crippen LogP) is 3.18. The predicted molar refractivity (Wildman–Crippen MR) is 96.3 cm³/mol. The molecule has 1 aromatic carbocycles. The van der Waals surface area contributed by atoms with E-state index < -0.39 is 0 Å². The lowest BCUT2D eigenvalue weighted by molar-refractivity contribution is 0.247. The molecule has 0 saturated carbocycles. The van der Waals surface area contributed by atoms with Gasteiger partial charge in [0.2, 0.25) is 0 Å². The maximum atomic E-state index is 5.38. The van der Waals surface area contributed by atoms with Crippen molar-refractivity contribution < 1.29 is 4.74 Å². The van der Waals surface area contributed by atoms with Crippen molar-refractivity contribution in [3.8, 4) is 5.75 Å². The zero-order chi connectivity index (χ0) is 16.1. The normalized spacial score (nSPS) is 18.8. The van der Waals surface area contributed by atoms with Crippen LogP contribution in [-0.4, -0.2) is 49.7 Å². The van der Waals surface area contributed by atoms with Crippen molar-refractivity contribution in [2.75, 3.05) is 33.8 Å². The highest BCUT2D eigenvalue weighted by Crippen LogP contribution is 2.28. The lowest BCUT2D eigenvalue weighted by atomic mass is 10.0. The van der Waals surface area contributed by atoms with E-state index in [2.05, 4.69) is 33.5 Å². The first-order chi connectivity index (χ1) is 11.3. The van der Waals surface area contributed by atoms with Crippen molar-refractivity contribution in [3.05, 3.63) is 30.0 Å². The number of nitrogens with zero attached hydrogens (tertiary/aromatic N) is 1. The van der Waals surface area contributed by atoms with Crippen molar-refractivity contribution in [3.63, 3.8) is 0 Å². The van der Waals surface area contributed by atoms with Crippen molar-refractivity contribution in [2.45, 2.75) is 38.1 Å². The van der Waals surface area contributed by atoms with E-state index in [-0.39, 0.29) is 0 Å². The molecule has 4 heteroatoms. The average Bonchev–Trinajstić information content (AvgIpc) is 3.19. The van der Waals surface area contributed by atoms with Gasteiger partial charge in [0.25, 0.3) is 0 Å². The molecule has 3 rings (SSSR count). The number of methoxy groups -OCH3 is 1. The number of aromatic nitrogens is 1. The van der Waals surface area contributed by atoms with Gasteiger partial charge in [-0.05, 0) is 82.5 Å². The van der Waals surface area contributed by atoms with Crippen molar-refractivity contribution in [2.24, 2.45) is 0 Å². The Morgan fingerprint density at radius 1 is 1.35 bits per heavy atom. The maximum Gasteiger partial charge on any atom is 0.119 e. The molecule has 2 N–H and O–H groups in total. The van der Waals surface area contributed by atoms with E-state index in [1.165, 1.54) is 55.2 Å². The molecule has 1 aliphatic heterocycles. The van der Waals surface area contributed by atoms with Crippen LogP contribution in [0.1, 0.15) is 31.2 Å². The molecule has 1 aliphatic rings. The highest BCUT2D eigenvalue weighted by Gasteiger charge is 2.24. The number of fused-ring (bicyclic) bond motifs is 1. The van der Waals surface area contributed by atoms with Gasteiger partial charge in [-0.3, -0.25) is 0 Å². The van der Waals surface area contributed by atoms with E-state index in [4.69, 9.17) is 4.74 Å². The van der Waals surface area contributed by atoms with Gasteiger partial charge in [-0.25, -0.2) is 0 Å². The molecular weight excluding hydrogens is 286 g/mol. The summed E-state index contributed by atoms with van der Waals surface area (Å²) in [5.41, 5.74) is 2.63. The number of H-pyrrole nitrogens is 1. The van der Waals surface area contributed by atoms with E-state index in [0.717, 1.165) is 18.7 Å². The fourth-order valence-corrected chi connectivity index (χ4v) is 3.74. The number of nitrogens with one attached hydrogen (secondary N) is 2. The standard InChI is InChI=1S/C19H29N3O/c1-20-9-3-4-10-22-11-5-6-16(22)12-15-14-21-19-8-7-17(23-2)13-18(15)19/h7-8,13-14,16,20-21H,3-6,9-12H2,1-2H3. The highest BCUT2D eigenvalue weighted by molar-refractivity contribution is 5.84. The first kappa shape index (κ1) is 16.3. The van der Waals surface area contributed by atoms with E-state index in [1.54, 1.807) is 7.11 Å². The number of benzene rings is 1. The van der Waals surface area contributed by atoms with E-state index in [0.29, 0.717) is 6.04 Å². The van der Waals surface area contributed by atoms with Gasteiger partial charge in [-0.15, -0.1) is 0 Å². The second-order valence-corrected chi connectivity index (χ2v) is 6.57. The fraction of sp³-hybridized carbons (Fsp3) is 0.579. The molecule has 0 spiro atoms. The minimum Gasteiger partial charge on any atom is -0.497 e. The van der Waals surface area contributed by atoms with E-state index >= 15 is 0 Å². The Bertz CT molecular complexity index is 622. The first-order valence-electron chi connectivity index (χ1n) is 8.84. The first-order valence-corrected chi connectivity index (χ1v) is 8.84. The Kier molecular flexibility index (Phi) is 5.57. The Labute approximate surface area is 139 Å². The zero-order valence-electron chi connectivity index (χ0n) is 14.4. The van der Waals surface area contributed by atoms with Crippen LogP contribution in [0.4, 0.5) is 0 Å². The van der Waals surface area contributed by atoms with E-state index in [9.17, 15) is 0 Å². The summed E-state index contributed by atoms with van der Waals surface area (Å²) in [7, 11) is 3.77.